The van der Waals surface area contributed by atoms with E-state index in [4.69, 9.17) is 4.74 Å². The van der Waals surface area contributed by atoms with E-state index in [2.05, 4.69) is 5.32 Å². The molecule has 2 rings (SSSR count). The molecule has 0 aliphatic heterocycles. The summed E-state index contributed by atoms with van der Waals surface area (Å²) < 4.78 is 31.0. The van der Waals surface area contributed by atoms with Crippen molar-refractivity contribution in [3.63, 3.8) is 0 Å². The highest BCUT2D eigenvalue weighted by atomic mass is 32.2. The van der Waals surface area contributed by atoms with E-state index < -0.39 is 10.0 Å². The minimum Gasteiger partial charge on any atom is -0.495 e. The van der Waals surface area contributed by atoms with Gasteiger partial charge in [0.15, 0.2) is 0 Å². The molecule has 0 heterocycles. The number of benzene rings is 2. The lowest BCUT2D eigenvalue weighted by Crippen LogP contribution is -2.32. The van der Waals surface area contributed by atoms with Crippen molar-refractivity contribution in [1.82, 2.24) is 5.32 Å². The molecule has 0 radical (unpaired) electrons. The zero-order chi connectivity index (χ0) is 20.7. The third-order valence-corrected chi connectivity index (χ3v) is 5.65. The van der Waals surface area contributed by atoms with E-state index in [0.29, 0.717) is 17.9 Å². The minimum absolute atomic E-state index is 0.103. The largest absolute Gasteiger partial charge is 0.495 e. The molecule has 7 heteroatoms. The summed E-state index contributed by atoms with van der Waals surface area (Å²) in [4.78, 5) is 12.3. The summed E-state index contributed by atoms with van der Waals surface area (Å²) in [6.07, 6.45) is 1.79. The number of para-hydroxylation sites is 2. The van der Waals surface area contributed by atoms with Crippen LogP contribution in [0.3, 0.4) is 0 Å². The summed E-state index contributed by atoms with van der Waals surface area (Å²) in [6.45, 7) is 4.15. The SMILES string of the molecule is COc1ccccc1N(CCCC(=O)N[C@@H](C)c1ccc(C)cc1)S(C)(=O)=O. The number of hydrogen-bond donors (Lipinski definition) is 1. The summed E-state index contributed by atoms with van der Waals surface area (Å²) in [5.74, 6) is 0.368. The van der Waals surface area contributed by atoms with Crippen molar-refractivity contribution in [1.29, 1.82) is 0 Å². The lowest BCUT2D eigenvalue weighted by atomic mass is 10.1. The Morgan fingerprint density at radius 1 is 1.14 bits per heavy atom. The van der Waals surface area contributed by atoms with Crippen LogP contribution < -0.4 is 14.4 Å². The van der Waals surface area contributed by atoms with Crippen molar-refractivity contribution in [2.45, 2.75) is 32.7 Å². The smallest absolute Gasteiger partial charge is 0.232 e. The fraction of sp³-hybridized carbons (Fsp3) is 0.381. The van der Waals surface area contributed by atoms with Gasteiger partial charge in [-0.1, -0.05) is 42.0 Å². The first-order chi connectivity index (χ1) is 13.2. The second-order valence-electron chi connectivity index (χ2n) is 6.81. The molecule has 28 heavy (non-hydrogen) atoms. The van der Waals surface area contributed by atoms with E-state index in [0.717, 1.165) is 11.8 Å². The van der Waals surface area contributed by atoms with Crippen molar-refractivity contribution in [3.8, 4) is 5.75 Å². The number of hydrogen-bond acceptors (Lipinski definition) is 4. The average Bonchev–Trinajstić information content (AvgIpc) is 2.64. The van der Waals surface area contributed by atoms with E-state index in [1.807, 2.05) is 38.1 Å². The highest BCUT2D eigenvalue weighted by Gasteiger charge is 2.21. The van der Waals surface area contributed by atoms with Crippen LogP contribution in [-0.2, 0) is 14.8 Å². The number of sulfonamides is 1. The van der Waals surface area contributed by atoms with Crippen LogP contribution >= 0.6 is 0 Å². The molecular weight excluding hydrogens is 376 g/mol. The number of nitrogens with zero attached hydrogens (tertiary/aromatic N) is 1. The molecule has 0 aromatic heterocycles. The van der Waals surface area contributed by atoms with Gasteiger partial charge in [0.25, 0.3) is 0 Å². The maximum atomic E-state index is 12.3. The van der Waals surface area contributed by atoms with Crippen LogP contribution in [-0.4, -0.2) is 34.2 Å². The van der Waals surface area contributed by atoms with Crippen LogP contribution in [0, 0.1) is 6.92 Å². The molecule has 0 spiro atoms. The van der Waals surface area contributed by atoms with Crippen molar-refractivity contribution in [2.24, 2.45) is 0 Å². The van der Waals surface area contributed by atoms with E-state index in [1.165, 1.54) is 17.0 Å². The third-order valence-electron chi connectivity index (χ3n) is 4.47. The van der Waals surface area contributed by atoms with Gasteiger partial charge in [0, 0.05) is 13.0 Å². The molecule has 1 amide bonds. The molecule has 6 nitrogen and oxygen atoms in total. The number of rotatable bonds is 9. The van der Waals surface area contributed by atoms with E-state index in [1.54, 1.807) is 24.3 Å². The summed E-state index contributed by atoms with van der Waals surface area (Å²) in [5.41, 5.74) is 2.67. The van der Waals surface area contributed by atoms with E-state index in [9.17, 15) is 13.2 Å². The summed E-state index contributed by atoms with van der Waals surface area (Å²) in [7, 11) is -2.00. The summed E-state index contributed by atoms with van der Waals surface area (Å²) in [5, 5.41) is 2.96. The minimum atomic E-state index is -3.50. The van der Waals surface area contributed by atoms with Gasteiger partial charge in [-0.05, 0) is 38.0 Å². The number of ether oxygens (including phenoxy) is 1. The highest BCUT2D eigenvalue weighted by molar-refractivity contribution is 7.92. The Hall–Kier alpha value is -2.54. The van der Waals surface area contributed by atoms with Gasteiger partial charge >= 0.3 is 0 Å². The number of amides is 1. The van der Waals surface area contributed by atoms with E-state index >= 15 is 0 Å². The molecule has 2 aromatic carbocycles. The third kappa shape index (κ3) is 5.99. The van der Waals surface area contributed by atoms with Crippen molar-refractivity contribution >= 4 is 21.6 Å². The Bertz CT molecular complexity index is 895. The Kier molecular flexibility index (Phi) is 7.45. The first-order valence-corrected chi connectivity index (χ1v) is 11.0. The number of aryl methyl sites for hydroxylation is 1. The zero-order valence-electron chi connectivity index (χ0n) is 16.8. The molecule has 0 saturated heterocycles. The maximum Gasteiger partial charge on any atom is 0.232 e. The molecule has 2 aromatic rings. The molecule has 0 aliphatic rings. The normalized spacial score (nSPS) is 12.3. The van der Waals surface area contributed by atoms with Crippen molar-refractivity contribution < 1.29 is 17.9 Å². The maximum absolute atomic E-state index is 12.3. The van der Waals surface area contributed by atoms with Gasteiger partial charge in [0.05, 0.1) is 25.1 Å². The number of methoxy groups -OCH3 is 1. The first kappa shape index (κ1) is 21.8. The molecule has 152 valence electrons. The van der Waals surface area contributed by atoms with Crippen molar-refractivity contribution in [2.75, 3.05) is 24.2 Å². The number of anilines is 1. The molecule has 1 N–H and O–H groups in total. The van der Waals surface area contributed by atoms with Gasteiger partial charge in [-0.25, -0.2) is 8.42 Å². The van der Waals surface area contributed by atoms with Crippen LogP contribution in [0.2, 0.25) is 0 Å². The lowest BCUT2D eigenvalue weighted by molar-refractivity contribution is -0.121. The standard InChI is InChI=1S/C21H28N2O4S/c1-16-11-13-18(14-12-16)17(2)22-21(24)10-7-15-23(28(4,25)26)19-8-5-6-9-20(19)27-3/h5-6,8-9,11-14,17H,7,10,15H2,1-4H3,(H,22,24)/t17-/m0/s1. The topological polar surface area (TPSA) is 75.7 Å². The highest BCUT2D eigenvalue weighted by Crippen LogP contribution is 2.29. The first-order valence-electron chi connectivity index (χ1n) is 9.19. The van der Waals surface area contributed by atoms with Crippen LogP contribution in [0.25, 0.3) is 0 Å². The molecule has 1 atom stereocenters. The molecule has 0 saturated carbocycles. The van der Waals surface area contributed by atoms with Crippen LogP contribution in [0.5, 0.6) is 5.75 Å². The van der Waals surface area contributed by atoms with Gasteiger partial charge < -0.3 is 10.1 Å². The predicted octanol–water partition coefficient (Wildman–Crippen LogP) is 3.43. The second kappa shape index (κ2) is 9.59. The number of nitrogens with one attached hydrogen (secondary N) is 1. The molecule has 0 fully saturated rings. The fourth-order valence-electron chi connectivity index (χ4n) is 2.94. The quantitative estimate of drug-likeness (QED) is 0.695. The Morgan fingerprint density at radius 3 is 2.39 bits per heavy atom. The molecular formula is C21H28N2O4S. The average molecular weight is 405 g/mol. The fourth-order valence-corrected chi connectivity index (χ4v) is 3.90. The molecule has 0 aliphatic carbocycles. The summed E-state index contributed by atoms with van der Waals surface area (Å²) >= 11 is 0. The van der Waals surface area contributed by atoms with Gasteiger partial charge in [-0.2, -0.15) is 0 Å². The monoisotopic (exact) mass is 404 g/mol. The summed E-state index contributed by atoms with van der Waals surface area (Å²) in [6, 6.07) is 14.8. The Morgan fingerprint density at radius 2 is 1.79 bits per heavy atom. The number of carbonyl (C=O) groups excluding carboxylic acids is 1. The van der Waals surface area contributed by atoms with Crippen LogP contribution in [0.1, 0.15) is 36.9 Å². The molecule has 0 unspecified atom stereocenters. The number of carbonyl (C=O) groups is 1. The van der Waals surface area contributed by atoms with Gasteiger partial charge in [-0.3, -0.25) is 9.10 Å². The van der Waals surface area contributed by atoms with Gasteiger partial charge in [0.2, 0.25) is 15.9 Å². The predicted molar refractivity (Wildman–Crippen MR) is 112 cm³/mol. The molecule has 0 bridgehead atoms. The van der Waals surface area contributed by atoms with Crippen LogP contribution in [0.4, 0.5) is 5.69 Å². The van der Waals surface area contributed by atoms with Gasteiger partial charge in [0.1, 0.15) is 5.75 Å². The zero-order valence-corrected chi connectivity index (χ0v) is 17.6. The van der Waals surface area contributed by atoms with Crippen LogP contribution in [0.15, 0.2) is 48.5 Å². The Labute approximate surface area is 167 Å². The van der Waals surface area contributed by atoms with E-state index in [-0.39, 0.29) is 24.9 Å². The Balaban J connectivity index is 1.96. The second-order valence-corrected chi connectivity index (χ2v) is 8.72. The van der Waals surface area contributed by atoms with Crippen molar-refractivity contribution in [3.05, 3.63) is 59.7 Å². The van der Waals surface area contributed by atoms with Gasteiger partial charge in [-0.15, -0.1) is 0 Å². The lowest BCUT2D eigenvalue weighted by Gasteiger charge is -2.24.